The summed E-state index contributed by atoms with van der Waals surface area (Å²) in [6, 6.07) is 1.79. The van der Waals surface area contributed by atoms with E-state index in [9.17, 15) is 22.9 Å². The number of benzene rings is 1. The van der Waals surface area contributed by atoms with E-state index in [0.717, 1.165) is 12.1 Å². The zero-order valence-electron chi connectivity index (χ0n) is 11.4. The van der Waals surface area contributed by atoms with Crippen molar-refractivity contribution < 1.29 is 17.7 Å². The van der Waals surface area contributed by atoms with Crippen LogP contribution in [0.4, 0.5) is 10.1 Å². The lowest BCUT2D eigenvalue weighted by Crippen LogP contribution is -2.31. The van der Waals surface area contributed by atoms with Gasteiger partial charge >= 0.3 is 5.69 Å². The van der Waals surface area contributed by atoms with E-state index in [0.29, 0.717) is 6.54 Å². The van der Waals surface area contributed by atoms with Crippen molar-refractivity contribution in [1.82, 2.24) is 9.62 Å². The average Bonchev–Trinajstić information content (AvgIpc) is 2.31. The third kappa shape index (κ3) is 3.95. The Labute approximate surface area is 116 Å². The Morgan fingerprint density at radius 1 is 1.40 bits per heavy atom. The summed E-state index contributed by atoms with van der Waals surface area (Å²) in [6.45, 7) is 1.90. The van der Waals surface area contributed by atoms with Crippen molar-refractivity contribution in [3.8, 4) is 0 Å². The number of nitrogens with one attached hydrogen (secondary N) is 1. The number of hydrogen-bond acceptors (Lipinski definition) is 5. The van der Waals surface area contributed by atoms with Gasteiger partial charge in [-0.15, -0.1) is 0 Å². The van der Waals surface area contributed by atoms with Crippen LogP contribution in [-0.4, -0.2) is 45.4 Å². The van der Waals surface area contributed by atoms with E-state index in [1.54, 1.807) is 19.0 Å². The van der Waals surface area contributed by atoms with Crippen molar-refractivity contribution in [2.24, 2.45) is 0 Å². The molecule has 0 amide bonds. The molecule has 1 aromatic rings. The van der Waals surface area contributed by atoms with E-state index >= 15 is 0 Å². The summed E-state index contributed by atoms with van der Waals surface area (Å²) in [5.41, 5.74) is -0.940. The molecule has 0 aliphatic rings. The molecule has 112 valence electrons. The molecule has 0 aliphatic heterocycles. The van der Waals surface area contributed by atoms with E-state index < -0.39 is 26.5 Å². The van der Waals surface area contributed by atoms with Crippen LogP contribution < -0.4 is 4.72 Å². The molecule has 0 atom stereocenters. The summed E-state index contributed by atoms with van der Waals surface area (Å²) < 4.78 is 39.8. The zero-order chi connectivity index (χ0) is 15.5. The lowest BCUT2D eigenvalue weighted by Gasteiger charge is -2.11. The highest BCUT2D eigenvalue weighted by atomic mass is 32.2. The van der Waals surface area contributed by atoms with Gasteiger partial charge < -0.3 is 4.90 Å². The first-order valence-electron chi connectivity index (χ1n) is 5.74. The molecule has 0 aliphatic carbocycles. The van der Waals surface area contributed by atoms with Crippen molar-refractivity contribution in [3.05, 3.63) is 33.6 Å². The van der Waals surface area contributed by atoms with Crippen LogP contribution in [0.3, 0.4) is 0 Å². The second kappa shape index (κ2) is 6.25. The maximum Gasteiger partial charge on any atom is 0.306 e. The Kier molecular flexibility index (Phi) is 5.15. The first-order chi connectivity index (χ1) is 9.15. The summed E-state index contributed by atoms with van der Waals surface area (Å²) in [5.74, 6) is -1.03. The predicted molar refractivity (Wildman–Crippen MR) is 71.5 cm³/mol. The van der Waals surface area contributed by atoms with Gasteiger partial charge in [-0.2, -0.15) is 4.39 Å². The highest BCUT2D eigenvalue weighted by Gasteiger charge is 2.23. The predicted octanol–water partition coefficient (Wildman–Crippen LogP) is 0.882. The van der Waals surface area contributed by atoms with Crippen LogP contribution >= 0.6 is 0 Å². The molecule has 0 bridgehead atoms. The highest BCUT2D eigenvalue weighted by Crippen LogP contribution is 2.24. The molecular formula is C11H16FN3O4S. The van der Waals surface area contributed by atoms with Gasteiger partial charge in [0.05, 0.1) is 9.82 Å². The molecule has 0 saturated carbocycles. The van der Waals surface area contributed by atoms with Crippen LogP contribution in [0.2, 0.25) is 0 Å². The van der Waals surface area contributed by atoms with Crippen molar-refractivity contribution in [2.45, 2.75) is 11.8 Å². The molecule has 20 heavy (non-hydrogen) atoms. The molecule has 0 unspecified atom stereocenters. The minimum absolute atomic E-state index is 0.0906. The number of aryl methyl sites for hydroxylation is 1. The van der Waals surface area contributed by atoms with Gasteiger partial charge in [0.2, 0.25) is 15.8 Å². The lowest BCUT2D eigenvalue weighted by molar-refractivity contribution is -0.387. The summed E-state index contributed by atoms with van der Waals surface area (Å²) in [7, 11) is -0.341. The van der Waals surface area contributed by atoms with Gasteiger partial charge in [-0.3, -0.25) is 10.1 Å². The topological polar surface area (TPSA) is 92.6 Å². The molecule has 0 fully saturated rings. The van der Waals surface area contributed by atoms with Crippen molar-refractivity contribution in [2.75, 3.05) is 27.2 Å². The molecule has 7 nitrogen and oxygen atoms in total. The number of likely N-dealkylation sites (N-methyl/N-ethyl adjacent to an activating group) is 1. The molecule has 0 spiro atoms. The van der Waals surface area contributed by atoms with Crippen molar-refractivity contribution in [3.63, 3.8) is 0 Å². The largest absolute Gasteiger partial charge is 0.308 e. The van der Waals surface area contributed by atoms with Gasteiger partial charge in [0.15, 0.2) is 0 Å². The fraction of sp³-hybridized carbons (Fsp3) is 0.455. The zero-order valence-corrected chi connectivity index (χ0v) is 12.2. The third-order valence-corrected chi connectivity index (χ3v) is 4.01. The summed E-state index contributed by atoms with van der Waals surface area (Å²) >= 11 is 0. The third-order valence-electron chi connectivity index (χ3n) is 2.57. The molecular weight excluding hydrogens is 289 g/mol. The summed E-state index contributed by atoms with van der Waals surface area (Å²) in [5, 5.41) is 10.7. The van der Waals surface area contributed by atoms with E-state index in [1.807, 2.05) is 0 Å². The first kappa shape index (κ1) is 16.5. The van der Waals surface area contributed by atoms with E-state index in [2.05, 4.69) is 4.72 Å². The van der Waals surface area contributed by atoms with E-state index in [-0.39, 0.29) is 17.0 Å². The first-order valence-corrected chi connectivity index (χ1v) is 7.22. The number of nitrogens with zero attached hydrogens (tertiary/aromatic N) is 2. The van der Waals surface area contributed by atoms with Gasteiger partial charge in [0, 0.05) is 19.2 Å². The summed E-state index contributed by atoms with van der Waals surface area (Å²) in [4.78, 5) is 11.2. The number of nitro groups is 1. The molecule has 1 N–H and O–H groups in total. The molecule has 0 saturated heterocycles. The van der Waals surface area contributed by atoms with Gasteiger partial charge in [-0.1, -0.05) is 0 Å². The monoisotopic (exact) mass is 305 g/mol. The second-order valence-corrected chi connectivity index (χ2v) is 6.30. The van der Waals surface area contributed by atoms with Gasteiger partial charge in [-0.25, -0.2) is 13.1 Å². The Morgan fingerprint density at radius 3 is 2.50 bits per heavy atom. The van der Waals surface area contributed by atoms with Gasteiger partial charge in [0.25, 0.3) is 0 Å². The number of nitro benzene ring substituents is 1. The minimum Gasteiger partial charge on any atom is -0.308 e. The van der Waals surface area contributed by atoms with Gasteiger partial charge in [0.1, 0.15) is 0 Å². The van der Waals surface area contributed by atoms with Crippen LogP contribution in [0.15, 0.2) is 17.0 Å². The van der Waals surface area contributed by atoms with Crippen LogP contribution in [0, 0.1) is 22.9 Å². The molecule has 0 radical (unpaired) electrons. The quantitative estimate of drug-likeness (QED) is 0.622. The summed E-state index contributed by atoms with van der Waals surface area (Å²) in [6.07, 6.45) is 0. The van der Waals surface area contributed by atoms with Crippen LogP contribution in [-0.2, 0) is 10.0 Å². The number of sulfonamides is 1. The molecule has 9 heteroatoms. The Morgan fingerprint density at radius 2 is 2.00 bits per heavy atom. The highest BCUT2D eigenvalue weighted by molar-refractivity contribution is 7.89. The van der Waals surface area contributed by atoms with Crippen LogP contribution in [0.5, 0.6) is 0 Å². The number of hydrogen-bond donors (Lipinski definition) is 1. The number of rotatable bonds is 6. The molecule has 1 rings (SSSR count). The SMILES string of the molecule is Cc1cc(S(=O)(=O)NCCN(C)C)cc([N+](=O)[O-])c1F. The van der Waals surface area contributed by atoms with Gasteiger partial charge in [-0.05, 0) is 32.6 Å². The number of halogens is 1. The Balaban J connectivity index is 3.10. The Hall–Kier alpha value is -1.58. The lowest BCUT2D eigenvalue weighted by atomic mass is 10.2. The maximum atomic E-state index is 13.5. The van der Waals surface area contributed by atoms with E-state index in [1.165, 1.54) is 6.92 Å². The standard InChI is InChI=1S/C11H16FN3O4S/c1-8-6-9(7-10(11(8)12)15(16)17)20(18,19)13-4-5-14(2)3/h6-7,13H,4-5H2,1-3H3. The fourth-order valence-corrected chi connectivity index (χ4v) is 2.62. The van der Waals surface area contributed by atoms with Crippen molar-refractivity contribution in [1.29, 1.82) is 0 Å². The second-order valence-electron chi connectivity index (χ2n) is 4.53. The smallest absolute Gasteiger partial charge is 0.306 e. The molecule has 0 aromatic heterocycles. The molecule has 1 aromatic carbocycles. The molecule has 0 heterocycles. The van der Waals surface area contributed by atoms with Crippen molar-refractivity contribution >= 4 is 15.7 Å². The van der Waals surface area contributed by atoms with Crippen LogP contribution in [0.1, 0.15) is 5.56 Å². The van der Waals surface area contributed by atoms with Crippen LogP contribution in [0.25, 0.3) is 0 Å². The normalized spacial score (nSPS) is 11.8. The maximum absolute atomic E-state index is 13.5. The fourth-order valence-electron chi connectivity index (χ4n) is 1.49. The minimum atomic E-state index is -3.90. The average molecular weight is 305 g/mol. The van der Waals surface area contributed by atoms with E-state index in [4.69, 9.17) is 0 Å². The Bertz CT molecular complexity index is 616.